The van der Waals surface area contributed by atoms with E-state index in [4.69, 9.17) is 4.74 Å². The van der Waals surface area contributed by atoms with Gasteiger partial charge in [-0.15, -0.1) is 0 Å². The summed E-state index contributed by atoms with van der Waals surface area (Å²) in [6.07, 6.45) is 6.90. The van der Waals surface area contributed by atoms with Crippen molar-refractivity contribution in [1.82, 2.24) is 14.8 Å². The zero-order valence-corrected chi connectivity index (χ0v) is 18.2. The van der Waals surface area contributed by atoms with E-state index in [-0.39, 0.29) is 17.5 Å². The summed E-state index contributed by atoms with van der Waals surface area (Å²) in [5.74, 6) is 1.32. The number of fused-ring (bicyclic) bond motifs is 4. The van der Waals surface area contributed by atoms with Gasteiger partial charge in [0.05, 0.1) is 7.11 Å². The topological polar surface area (TPSA) is 63.6 Å². The Balaban J connectivity index is 1.42. The molecule has 2 bridgehead atoms. The molecule has 5 rings (SSSR count). The Morgan fingerprint density at radius 2 is 1.77 bits per heavy atom. The highest BCUT2D eigenvalue weighted by molar-refractivity contribution is 5.75. The van der Waals surface area contributed by atoms with Crippen LogP contribution in [0.2, 0.25) is 0 Å². The van der Waals surface area contributed by atoms with Gasteiger partial charge in [-0.1, -0.05) is 31.4 Å². The lowest BCUT2D eigenvalue weighted by Gasteiger charge is -2.44. The van der Waals surface area contributed by atoms with E-state index >= 15 is 0 Å². The molecule has 31 heavy (non-hydrogen) atoms. The van der Waals surface area contributed by atoms with Crippen molar-refractivity contribution in [3.63, 3.8) is 0 Å². The van der Waals surface area contributed by atoms with Gasteiger partial charge in [0.1, 0.15) is 5.75 Å². The molecule has 1 saturated heterocycles. The number of amides is 2. The minimum Gasteiger partial charge on any atom is -0.497 e. The second kappa shape index (κ2) is 8.40. The van der Waals surface area contributed by atoms with Gasteiger partial charge in [0.25, 0.3) is 5.56 Å². The quantitative estimate of drug-likeness (QED) is 0.815. The molecule has 1 aromatic heterocycles. The molecule has 0 radical (unpaired) electrons. The van der Waals surface area contributed by atoms with Gasteiger partial charge in [0.2, 0.25) is 0 Å². The summed E-state index contributed by atoms with van der Waals surface area (Å²) < 4.78 is 7.25. The first-order valence-electron chi connectivity index (χ1n) is 11.6. The Morgan fingerprint density at radius 1 is 1.00 bits per heavy atom. The monoisotopic (exact) mass is 421 g/mol. The highest BCUT2D eigenvalue weighted by Crippen LogP contribution is 2.40. The van der Waals surface area contributed by atoms with E-state index in [0.29, 0.717) is 25.0 Å². The molecule has 2 fully saturated rings. The van der Waals surface area contributed by atoms with Crippen LogP contribution in [0.15, 0.2) is 41.2 Å². The molecule has 1 N–H and O–H groups in total. The van der Waals surface area contributed by atoms with Crippen LogP contribution in [0.4, 0.5) is 4.79 Å². The van der Waals surface area contributed by atoms with Gasteiger partial charge < -0.3 is 19.5 Å². The van der Waals surface area contributed by atoms with Crippen LogP contribution in [0.3, 0.4) is 0 Å². The number of urea groups is 1. The first kappa shape index (κ1) is 20.2. The number of pyridine rings is 1. The Labute approximate surface area is 183 Å². The first-order valence-corrected chi connectivity index (χ1v) is 11.6. The number of methoxy groups -OCH3 is 1. The van der Waals surface area contributed by atoms with Crippen molar-refractivity contribution in [2.24, 2.45) is 5.92 Å². The zero-order chi connectivity index (χ0) is 21.4. The van der Waals surface area contributed by atoms with Gasteiger partial charge in [0.15, 0.2) is 0 Å². The van der Waals surface area contributed by atoms with Crippen LogP contribution in [0, 0.1) is 5.92 Å². The molecule has 2 amide bonds. The second-order valence-electron chi connectivity index (χ2n) is 9.30. The third kappa shape index (κ3) is 3.95. The van der Waals surface area contributed by atoms with E-state index in [1.165, 1.54) is 19.3 Å². The average Bonchev–Trinajstić information content (AvgIpc) is 2.80. The lowest BCUT2D eigenvalue weighted by atomic mass is 9.80. The van der Waals surface area contributed by atoms with Crippen molar-refractivity contribution < 1.29 is 9.53 Å². The number of piperidine rings is 1. The van der Waals surface area contributed by atoms with Crippen molar-refractivity contribution >= 4 is 6.03 Å². The van der Waals surface area contributed by atoms with Crippen LogP contribution in [-0.2, 0) is 6.54 Å². The maximum absolute atomic E-state index is 13.0. The fourth-order valence-electron chi connectivity index (χ4n) is 5.71. The lowest BCUT2D eigenvalue weighted by molar-refractivity contribution is 0.127. The third-order valence-electron chi connectivity index (χ3n) is 7.21. The van der Waals surface area contributed by atoms with E-state index in [2.05, 4.69) is 5.32 Å². The summed E-state index contributed by atoms with van der Waals surface area (Å²) in [6, 6.07) is 12.0. The van der Waals surface area contributed by atoms with Crippen LogP contribution < -0.4 is 15.6 Å². The van der Waals surface area contributed by atoms with Gasteiger partial charge in [-0.05, 0) is 48.9 Å². The van der Waals surface area contributed by atoms with Crippen LogP contribution in [0.5, 0.6) is 5.75 Å². The van der Waals surface area contributed by atoms with Crippen LogP contribution in [0.1, 0.15) is 50.1 Å². The second-order valence-corrected chi connectivity index (χ2v) is 9.30. The van der Waals surface area contributed by atoms with Gasteiger partial charge in [-0.3, -0.25) is 4.79 Å². The third-order valence-corrected chi connectivity index (χ3v) is 7.21. The number of carbonyl (C=O) groups is 1. The highest BCUT2D eigenvalue weighted by Gasteiger charge is 2.38. The Kier molecular flexibility index (Phi) is 5.47. The average molecular weight is 422 g/mol. The first-order chi connectivity index (χ1) is 15.1. The minimum atomic E-state index is 0.0575. The molecule has 2 unspecified atom stereocenters. The molecular formula is C25H31N3O3. The number of rotatable bonds is 3. The molecule has 2 aromatic rings. The number of nitrogens with one attached hydrogen (secondary N) is 1. The smallest absolute Gasteiger partial charge is 0.317 e. The number of hydrogen-bond acceptors (Lipinski definition) is 3. The SMILES string of the molecule is COc1ccc(-c2ccc(=O)n3c2C2CC(CN(C(=O)NC4CCCCC4)C2)C3)cc1. The van der Waals surface area contributed by atoms with E-state index in [1.807, 2.05) is 39.8 Å². The largest absolute Gasteiger partial charge is 0.497 e. The minimum absolute atomic E-state index is 0.0575. The molecule has 2 aliphatic heterocycles. The van der Waals surface area contributed by atoms with E-state index in [9.17, 15) is 9.59 Å². The summed E-state index contributed by atoms with van der Waals surface area (Å²) in [7, 11) is 1.66. The number of likely N-dealkylation sites (tertiary alicyclic amines) is 1. The molecule has 1 aromatic carbocycles. The number of hydrogen-bond donors (Lipinski definition) is 1. The lowest BCUT2D eigenvalue weighted by Crippen LogP contribution is -2.53. The molecular weight excluding hydrogens is 390 g/mol. The van der Waals surface area contributed by atoms with Crippen LogP contribution >= 0.6 is 0 Å². The van der Waals surface area contributed by atoms with E-state index < -0.39 is 0 Å². The van der Waals surface area contributed by atoms with E-state index in [0.717, 1.165) is 48.4 Å². The predicted octanol–water partition coefficient (Wildman–Crippen LogP) is 3.99. The maximum Gasteiger partial charge on any atom is 0.317 e. The van der Waals surface area contributed by atoms with Crippen molar-refractivity contribution in [3.8, 4) is 16.9 Å². The van der Waals surface area contributed by atoms with Crippen molar-refractivity contribution in [2.75, 3.05) is 20.2 Å². The number of benzene rings is 1. The summed E-state index contributed by atoms with van der Waals surface area (Å²) in [6.45, 7) is 2.08. The highest BCUT2D eigenvalue weighted by atomic mass is 16.5. The number of aromatic nitrogens is 1. The Morgan fingerprint density at radius 3 is 2.52 bits per heavy atom. The van der Waals surface area contributed by atoms with Crippen molar-refractivity contribution in [2.45, 2.75) is 57.0 Å². The van der Waals surface area contributed by atoms with Gasteiger partial charge in [-0.25, -0.2) is 4.79 Å². The molecule has 1 saturated carbocycles. The maximum atomic E-state index is 13.0. The molecule has 6 heteroatoms. The molecule has 1 aliphatic carbocycles. The number of ether oxygens (including phenoxy) is 1. The van der Waals surface area contributed by atoms with Crippen LogP contribution in [0.25, 0.3) is 11.1 Å². The van der Waals surface area contributed by atoms with E-state index in [1.54, 1.807) is 13.2 Å². The summed E-state index contributed by atoms with van der Waals surface area (Å²) >= 11 is 0. The number of carbonyl (C=O) groups excluding carboxylic acids is 1. The molecule has 0 spiro atoms. The van der Waals surface area contributed by atoms with Gasteiger partial charge in [-0.2, -0.15) is 0 Å². The summed E-state index contributed by atoms with van der Waals surface area (Å²) in [5.41, 5.74) is 3.29. The molecule has 3 heterocycles. The van der Waals surface area contributed by atoms with Crippen LogP contribution in [-0.4, -0.2) is 41.7 Å². The molecule has 164 valence electrons. The predicted molar refractivity (Wildman–Crippen MR) is 121 cm³/mol. The fraction of sp³-hybridized carbons (Fsp3) is 0.520. The molecule has 3 aliphatic rings. The normalized spacial score (nSPS) is 23.2. The fourth-order valence-corrected chi connectivity index (χ4v) is 5.71. The standard InChI is InChI=1S/C25H31N3O3/c1-31-21-9-7-18(8-10-21)22-11-12-23(29)28-15-17-13-19(24(22)28)16-27(14-17)25(30)26-20-5-3-2-4-6-20/h7-12,17,19-20H,2-6,13-16H2,1H3,(H,26,30). The van der Waals surface area contributed by atoms with Crippen molar-refractivity contribution in [3.05, 3.63) is 52.4 Å². The zero-order valence-electron chi connectivity index (χ0n) is 18.2. The Bertz CT molecular complexity index is 1010. The Hall–Kier alpha value is -2.76. The van der Waals surface area contributed by atoms with Gasteiger partial charge in [0, 0.05) is 48.9 Å². The summed E-state index contributed by atoms with van der Waals surface area (Å²) in [4.78, 5) is 27.7. The molecule has 2 atom stereocenters. The number of nitrogens with zero attached hydrogens (tertiary/aromatic N) is 2. The van der Waals surface area contributed by atoms with Crippen molar-refractivity contribution in [1.29, 1.82) is 0 Å². The molecule has 6 nitrogen and oxygen atoms in total. The van der Waals surface area contributed by atoms with Gasteiger partial charge >= 0.3 is 6.03 Å². The summed E-state index contributed by atoms with van der Waals surface area (Å²) in [5, 5.41) is 3.28.